The molecule has 0 saturated carbocycles. The number of aromatic amines is 1. The molecule has 0 aliphatic rings. The lowest BCUT2D eigenvalue weighted by molar-refractivity contribution is -0.139. The molecule has 2 N–H and O–H groups in total. The van der Waals surface area contributed by atoms with E-state index in [-0.39, 0.29) is 12.6 Å². The summed E-state index contributed by atoms with van der Waals surface area (Å²) >= 11 is 0. The number of carbonyl (C=O) groups is 1. The van der Waals surface area contributed by atoms with E-state index in [1.807, 2.05) is 39.1 Å². The van der Waals surface area contributed by atoms with Gasteiger partial charge in [-0.05, 0) is 33.9 Å². The first-order valence-electron chi connectivity index (χ1n) is 7.54. The van der Waals surface area contributed by atoms with Gasteiger partial charge in [-0.25, -0.2) is 4.79 Å². The molecule has 0 amide bonds. The van der Waals surface area contributed by atoms with E-state index < -0.39 is 5.97 Å². The molecule has 0 spiro atoms. The summed E-state index contributed by atoms with van der Waals surface area (Å²) < 4.78 is 5.37. The number of rotatable bonds is 7. The highest BCUT2D eigenvalue weighted by Crippen LogP contribution is 2.27. The number of nitrogens with one attached hydrogen (secondary N) is 1. The molecule has 1 heterocycles. The van der Waals surface area contributed by atoms with Gasteiger partial charge < -0.3 is 9.84 Å². The predicted molar refractivity (Wildman–Crippen MR) is 87.5 cm³/mol. The fourth-order valence-electron chi connectivity index (χ4n) is 2.72. The summed E-state index contributed by atoms with van der Waals surface area (Å²) in [6, 6.07) is 7.70. The Morgan fingerprint density at radius 1 is 1.39 bits per heavy atom. The topological polar surface area (TPSA) is 78.5 Å². The monoisotopic (exact) mass is 317 g/mol. The lowest BCUT2D eigenvalue weighted by atomic mass is 10.0. The number of carboxylic acids is 1. The van der Waals surface area contributed by atoms with Gasteiger partial charge in [0, 0.05) is 29.4 Å². The third kappa shape index (κ3) is 4.10. The fourth-order valence-corrected chi connectivity index (χ4v) is 2.72. The van der Waals surface area contributed by atoms with Crippen molar-refractivity contribution in [3.63, 3.8) is 0 Å². The molecule has 6 nitrogen and oxygen atoms in total. The van der Waals surface area contributed by atoms with Gasteiger partial charge in [0.05, 0.1) is 5.69 Å². The minimum absolute atomic E-state index is 0.182. The molecule has 1 atom stereocenters. The Hall–Kier alpha value is -2.34. The number of aromatic nitrogens is 2. The number of nitrogens with zero attached hydrogens (tertiary/aromatic N) is 2. The highest BCUT2D eigenvalue weighted by atomic mass is 16.5. The van der Waals surface area contributed by atoms with E-state index >= 15 is 0 Å². The van der Waals surface area contributed by atoms with Crippen molar-refractivity contribution >= 4 is 5.97 Å². The zero-order valence-electron chi connectivity index (χ0n) is 14.0. The molecule has 0 radical (unpaired) electrons. The smallest absolute Gasteiger partial charge is 0.341 e. The van der Waals surface area contributed by atoms with Gasteiger partial charge in [0.1, 0.15) is 5.75 Å². The number of hydrogen-bond donors (Lipinski definition) is 2. The number of aryl methyl sites for hydroxylation is 2. The standard InChI is InChI=1S/C17H23N3O3/c1-11-17(12(2)19-18-11)13(3)20(4)9-14-7-5-6-8-15(14)23-10-16(21)22/h5-8,13H,9-10H2,1-4H3,(H,18,19)(H,21,22). The molecule has 0 aliphatic carbocycles. The third-order valence-corrected chi connectivity index (χ3v) is 4.01. The van der Waals surface area contributed by atoms with Crippen LogP contribution in [0.1, 0.15) is 35.5 Å². The Bertz CT molecular complexity index is 662. The van der Waals surface area contributed by atoms with E-state index in [4.69, 9.17) is 9.84 Å². The number of ether oxygens (including phenoxy) is 1. The van der Waals surface area contributed by atoms with Gasteiger partial charge in [0.2, 0.25) is 0 Å². The fraction of sp³-hybridized carbons (Fsp3) is 0.412. The van der Waals surface area contributed by atoms with Crippen LogP contribution in [0.4, 0.5) is 0 Å². The first-order chi connectivity index (χ1) is 10.9. The van der Waals surface area contributed by atoms with Crippen LogP contribution in [0.15, 0.2) is 24.3 Å². The lowest BCUT2D eigenvalue weighted by Gasteiger charge is -2.26. The summed E-state index contributed by atoms with van der Waals surface area (Å²) in [7, 11) is 2.03. The van der Waals surface area contributed by atoms with Gasteiger partial charge in [0.15, 0.2) is 6.61 Å². The first kappa shape index (κ1) is 17.0. The van der Waals surface area contributed by atoms with Crippen molar-refractivity contribution in [1.29, 1.82) is 0 Å². The summed E-state index contributed by atoms with van der Waals surface area (Å²) in [5.74, 6) is -0.374. The summed E-state index contributed by atoms with van der Waals surface area (Å²) in [5, 5.41) is 16.0. The Balaban J connectivity index is 2.14. The Kier molecular flexibility index (Phi) is 5.39. The number of H-pyrrole nitrogens is 1. The molecule has 0 saturated heterocycles. The average molecular weight is 317 g/mol. The van der Waals surface area contributed by atoms with Gasteiger partial charge in [-0.2, -0.15) is 5.10 Å². The Labute approximate surface area is 136 Å². The molecule has 2 aromatic rings. The molecule has 0 fully saturated rings. The van der Waals surface area contributed by atoms with Crippen molar-refractivity contribution in [3.8, 4) is 5.75 Å². The van der Waals surface area contributed by atoms with Crippen LogP contribution >= 0.6 is 0 Å². The third-order valence-electron chi connectivity index (χ3n) is 4.01. The molecule has 1 unspecified atom stereocenters. The van der Waals surface area contributed by atoms with E-state index in [9.17, 15) is 4.79 Å². The number of hydrogen-bond acceptors (Lipinski definition) is 4. The maximum Gasteiger partial charge on any atom is 0.341 e. The molecular formula is C17H23N3O3. The normalized spacial score (nSPS) is 12.4. The zero-order chi connectivity index (χ0) is 17.0. The summed E-state index contributed by atoms with van der Waals surface area (Å²) in [6.07, 6.45) is 0. The SMILES string of the molecule is Cc1n[nH]c(C)c1C(C)N(C)Cc1ccccc1OCC(=O)O. The second kappa shape index (κ2) is 7.28. The number of benzene rings is 1. The molecular weight excluding hydrogens is 294 g/mol. The average Bonchev–Trinajstić information content (AvgIpc) is 2.84. The van der Waals surface area contributed by atoms with E-state index in [1.165, 1.54) is 5.56 Å². The van der Waals surface area contributed by atoms with Crippen molar-refractivity contribution in [2.75, 3.05) is 13.7 Å². The summed E-state index contributed by atoms with van der Waals surface area (Å²) in [4.78, 5) is 12.9. The van der Waals surface area contributed by atoms with Crippen LogP contribution in [-0.4, -0.2) is 39.8 Å². The van der Waals surface area contributed by atoms with Crippen LogP contribution < -0.4 is 4.74 Å². The Morgan fingerprint density at radius 2 is 2.09 bits per heavy atom. The van der Waals surface area contributed by atoms with Crippen molar-refractivity contribution in [3.05, 3.63) is 46.8 Å². The minimum atomic E-state index is -0.980. The molecule has 1 aromatic carbocycles. The van der Waals surface area contributed by atoms with Crippen LogP contribution in [0, 0.1) is 13.8 Å². The van der Waals surface area contributed by atoms with E-state index in [2.05, 4.69) is 22.0 Å². The zero-order valence-corrected chi connectivity index (χ0v) is 14.0. The van der Waals surface area contributed by atoms with Gasteiger partial charge in [-0.3, -0.25) is 10.00 Å². The largest absolute Gasteiger partial charge is 0.482 e. The van der Waals surface area contributed by atoms with Crippen LogP contribution in [-0.2, 0) is 11.3 Å². The van der Waals surface area contributed by atoms with Crippen molar-refractivity contribution in [1.82, 2.24) is 15.1 Å². The van der Waals surface area contributed by atoms with Crippen molar-refractivity contribution in [2.45, 2.75) is 33.4 Å². The second-order valence-corrected chi connectivity index (χ2v) is 5.73. The molecule has 124 valence electrons. The highest BCUT2D eigenvalue weighted by Gasteiger charge is 2.19. The molecule has 23 heavy (non-hydrogen) atoms. The summed E-state index contributed by atoms with van der Waals surface area (Å²) in [6.45, 7) is 6.46. The van der Waals surface area contributed by atoms with Crippen molar-refractivity contribution in [2.24, 2.45) is 0 Å². The van der Waals surface area contributed by atoms with Crippen LogP contribution in [0.5, 0.6) is 5.75 Å². The van der Waals surface area contributed by atoms with Gasteiger partial charge >= 0.3 is 5.97 Å². The quantitative estimate of drug-likeness (QED) is 0.821. The number of carboxylic acid groups (broad SMARTS) is 1. The van der Waals surface area contributed by atoms with E-state index in [1.54, 1.807) is 6.07 Å². The molecule has 0 aliphatic heterocycles. The molecule has 1 aromatic heterocycles. The maximum absolute atomic E-state index is 10.7. The molecule has 2 rings (SSSR count). The Morgan fingerprint density at radius 3 is 2.70 bits per heavy atom. The van der Waals surface area contributed by atoms with Gasteiger partial charge in [-0.1, -0.05) is 18.2 Å². The van der Waals surface area contributed by atoms with Crippen molar-refractivity contribution < 1.29 is 14.6 Å². The minimum Gasteiger partial charge on any atom is -0.482 e. The number of para-hydroxylation sites is 1. The van der Waals surface area contributed by atoms with Crippen LogP contribution in [0.25, 0.3) is 0 Å². The van der Waals surface area contributed by atoms with E-state index in [0.29, 0.717) is 12.3 Å². The number of aliphatic carboxylic acids is 1. The van der Waals surface area contributed by atoms with Gasteiger partial charge in [0.25, 0.3) is 0 Å². The highest BCUT2D eigenvalue weighted by molar-refractivity contribution is 5.68. The predicted octanol–water partition coefficient (Wildman–Crippen LogP) is 2.68. The van der Waals surface area contributed by atoms with Gasteiger partial charge in [-0.15, -0.1) is 0 Å². The molecule has 0 bridgehead atoms. The lowest BCUT2D eigenvalue weighted by Crippen LogP contribution is -2.23. The summed E-state index contributed by atoms with van der Waals surface area (Å²) in [5.41, 5.74) is 4.22. The van der Waals surface area contributed by atoms with Crippen LogP contribution in [0.3, 0.4) is 0 Å². The molecule has 6 heteroatoms. The first-order valence-corrected chi connectivity index (χ1v) is 7.54. The van der Waals surface area contributed by atoms with Crippen LogP contribution in [0.2, 0.25) is 0 Å². The maximum atomic E-state index is 10.7. The second-order valence-electron chi connectivity index (χ2n) is 5.73. The van der Waals surface area contributed by atoms with E-state index in [0.717, 1.165) is 17.0 Å².